The minimum absolute atomic E-state index is 0.111. The lowest BCUT2D eigenvalue weighted by molar-refractivity contribution is 0.0948. The third kappa shape index (κ3) is 3.35. The highest BCUT2D eigenvalue weighted by Gasteiger charge is 2.10. The second kappa shape index (κ2) is 6.19. The van der Waals surface area contributed by atoms with Crippen LogP contribution in [0.1, 0.15) is 41.3 Å². The summed E-state index contributed by atoms with van der Waals surface area (Å²) in [5, 5.41) is 12.3. The van der Waals surface area contributed by atoms with Gasteiger partial charge in [-0.15, -0.1) is 0 Å². The minimum Gasteiger partial charge on any atom is -0.505 e. The van der Waals surface area contributed by atoms with Crippen LogP contribution in [-0.2, 0) is 6.54 Å². The normalized spacial score (nSPS) is 10.6. The van der Waals surface area contributed by atoms with Gasteiger partial charge in [0.25, 0.3) is 5.91 Å². The number of carbonyl (C=O) groups excluding carboxylic acids is 1. The molecule has 0 saturated carbocycles. The van der Waals surface area contributed by atoms with Crippen LogP contribution < -0.4 is 5.32 Å². The summed E-state index contributed by atoms with van der Waals surface area (Å²) in [4.78, 5) is 15.7. The molecule has 1 aromatic carbocycles. The van der Waals surface area contributed by atoms with Crippen molar-refractivity contribution in [2.45, 2.75) is 26.3 Å². The van der Waals surface area contributed by atoms with Gasteiger partial charge in [0.2, 0.25) is 0 Å². The van der Waals surface area contributed by atoms with E-state index in [-0.39, 0.29) is 17.2 Å². The molecule has 0 aliphatic rings. The van der Waals surface area contributed by atoms with E-state index in [9.17, 15) is 9.90 Å². The fraction of sp³-hybridized carbons (Fsp3) is 0.250. The molecule has 2 rings (SSSR count). The number of benzene rings is 1. The molecule has 0 aliphatic carbocycles. The first-order valence-corrected chi connectivity index (χ1v) is 6.58. The van der Waals surface area contributed by atoms with E-state index in [4.69, 9.17) is 0 Å². The average molecular weight is 270 g/mol. The van der Waals surface area contributed by atoms with Crippen molar-refractivity contribution < 1.29 is 9.90 Å². The summed E-state index contributed by atoms with van der Waals surface area (Å²) in [6.07, 6.45) is 2.73. The Hall–Kier alpha value is -2.36. The summed E-state index contributed by atoms with van der Waals surface area (Å²) in [6.45, 7) is 4.71. The Labute approximate surface area is 118 Å². The summed E-state index contributed by atoms with van der Waals surface area (Å²) < 4.78 is 0. The number of pyridine rings is 1. The lowest BCUT2D eigenvalue weighted by Gasteiger charge is -2.09. The van der Waals surface area contributed by atoms with Crippen LogP contribution in [0.4, 0.5) is 0 Å². The Balaban J connectivity index is 1.98. The van der Waals surface area contributed by atoms with Gasteiger partial charge in [0.05, 0.1) is 11.8 Å². The summed E-state index contributed by atoms with van der Waals surface area (Å²) in [6, 6.07) is 9.63. The fourth-order valence-electron chi connectivity index (χ4n) is 1.88. The first-order valence-electron chi connectivity index (χ1n) is 6.58. The zero-order valence-electron chi connectivity index (χ0n) is 11.6. The summed E-state index contributed by atoms with van der Waals surface area (Å²) >= 11 is 0. The van der Waals surface area contributed by atoms with Crippen molar-refractivity contribution in [2.75, 3.05) is 0 Å². The zero-order valence-corrected chi connectivity index (χ0v) is 11.6. The highest BCUT2D eigenvalue weighted by atomic mass is 16.3. The molecule has 0 fully saturated rings. The Morgan fingerprint density at radius 1 is 1.25 bits per heavy atom. The van der Waals surface area contributed by atoms with Crippen LogP contribution in [0.5, 0.6) is 5.75 Å². The van der Waals surface area contributed by atoms with Gasteiger partial charge in [0.1, 0.15) is 5.75 Å². The number of hydrogen-bond donors (Lipinski definition) is 2. The molecule has 0 radical (unpaired) electrons. The molecular weight excluding hydrogens is 252 g/mol. The van der Waals surface area contributed by atoms with Crippen LogP contribution in [0.2, 0.25) is 0 Å². The van der Waals surface area contributed by atoms with Crippen LogP contribution in [-0.4, -0.2) is 16.0 Å². The summed E-state index contributed by atoms with van der Waals surface area (Å²) in [5.41, 5.74) is 2.53. The molecule has 2 N–H and O–H groups in total. The lowest BCUT2D eigenvalue weighted by atomic mass is 10.0. The zero-order chi connectivity index (χ0) is 14.5. The van der Waals surface area contributed by atoms with Gasteiger partial charge in [-0.05, 0) is 23.1 Å². The predicted octanol–water partition coefficient (Wildman–Crippen LogP) is 2.84. The molecule has 0 bridgehead atoms. The van der Waals surface area contributed by atoms with Crippen LogP contribution in [0, 0.1) is 0 Å². The van der Waals surface area contributed by atoms with E-state index in [0.29, 0.717) is 12.5 Å². The molecule has 0 saturated heterocycles. The van der Waals surface area contributed by atoms with E-state index in [1.165, 1.54) is 24.0 Å². The van der Waals surface area contributed by atoms with Gasteiger partial charge in [-0.3, -0.25) is 9.78 Å². The second-order valence-corrected chi connectivity index (χ2v) is 4.97. The van der Waals surface area contributed by atoms with E-state index in [2.05, 4.69) is 36.3 Å². The second-order valence-electron chi connectivity index (χ2n) is 4.97. The molecule has 1 aromatic heterocycles. The Morgan fingerprint density at radius 3 is 2.55 bits per heavy atom. The van der Waals surface area contributed by atoms with Gasteiger partial charge in [-0.1, -0.05) is 38.1 Å². The number of amides is 1. The standard InChI is InChI=1S/C16H18N2O2/c1-11(2)13-5-3-12(4-6-13)9-18-16(20)14-7-8-17-10-15(14)19/h3-8,10-11,19H,9H2,1-2H3,(H,18,20). The predicted molar refractivity (Wildman–Crippen MR) is 77.6 cm³/mol. The number of carbonyl (C=O) groups is 1. The molecule has 1 heterocycles. The maximum absolute atomic E-state index is 11.9. The Kier molecular flexibility index (Phi) is 4.35. The van der Waals surface area contributed by atoms with Crippen LogP contribution in [0.15, 0.2) is 42.7 Å². The molecule has 20 heavy (non-hydrogen) atoms. The third-order valence-corrected chi connectivity index (χ3v) is 3.14. The van der Waals surface area contributed by atoms with Crippen molar-refractivity contribution in [3.63, 3.8) is 0 Å². The van der Waals surface area contributed by atoms with Crippen LogP contribution >= 0.6 is 0 Å². The SMILES string of the molecule is CC(C)c1ccc(CNC(=O)c2ccncc2O)cc1. The number of aromatic nitrogens is 1. The van der Waals surface area contributed by atoms with Gasteiger partial charge < -0.3 is 10.4 Å². The molecule has 0 atom stereocenters. The van der Waals surface area contributed by atoms with Crippen molar-refractivity contribution in [2.24, 2.45) is 0 Å². The van der Waals surface area contributed by atoms with E-state index >= 15 is 0 Å². The molecule has 0 spiro atoms. The van der Waals surface area contributed by atoms with Gasteiger partial charge in [0, 0.05) is 12.7 Å². The molecule has 0 aliphatic heterocycles. The van der Waals surface area contributed by atoms with Crippen molar-refractivity contribution >= 4 is 5.91 Å². The van der Waals surface area contributed by atoms with Crippen LogP contribution in [0.25, 0.3) is 0 Å². The highest BCUT2D eigenvalue weighted by Crippen LogP contribution is 2.16. The van der Waals surface area contributed by atoms with Crippen molar-refractivity contribution in [1.82, 2.24) is 10.3 Å². The molecule has 104 valence electrons. The smallest absolute Gasteiger partial charge is 0.255 e. The highest BCUT2D eigenvalue weighted by molar-refractivity contribution is 5.96. The minimum atomic E-state index is -0.308. The van der Waals surface area contributed by atoms with Gasteiger partial charge in [-0.25, -0.2) is 0 Å². The van der Waals surface area contributed by atoms with E-state index in [0.717, 1.165) is 5.56 Å². The number of nitrogens with one attached hydrogen (secondary N) is 1. The quantitative estimate of drug-likeness (QED) is 0.898. The number of rotatable bonds is 4. The topological polar surface area (TPSA) is 62.2 Å². The summed E-state index contributed by atoms with van der Waals surface area (Å²) in [7, 11) is 0. The lowest BCUT2D eigenvalue weighted by Crippen LogP contribution is -2.22. The fourth-order valence-corrected chi connectivity index (χ4v) is 1.88. The van der Waals surface area contributed by atoms with Crippen molar-refractivity contribution in [3.8, 4) is 5.75 Å². The van der Waals surface area contributed by atoms with Gasteiger partial charge in [0.15, 0.2) is 0 Å². The monoisotopic (exact) mass is 270 g/mol. The van der Waals surface area contributed by atoms with E-state index in [1.807, 2.05) is 12.1 Å². The van der Waals surface area contributed by atoms with Crippen molar-refractivity contribution in [1.29, 1.82) is 0 Å². The molecule has 2 aromatic rings. The van der Waals surface area contributed by atoms with Gasteiger partial charge >= 0.3 is 0 Å². The average Bonchev–Trinajstić information content (AvgIpc) is 2.45. The largest absolute Gasteiger partial charge is 0.505 e. The number of aromatic hydroxyl groups is 1. The molecule has 4 nitrogen and oxygen atoms in total. The number of hydrogen-bond acceptors (Lipinski definition) is 3. The van der Waals surface area contributed by atoms with Crippen molar-refractivity contribution in [3.05, 3.63) is 59.4 Å². The molecule has 0 unspecified atom stereocenters. The molecule has 4 heteroatoms. The van der Waals surface area contributed by atoms with E-state index in [1.54, 1.807) is 0 Å². The van der Waals surface area contributed by atoms with Crippen LogP contribution in [0.3, 0.4) is 0 Å². The first-order chi connectivity index (χ1) is 9.58. The Bertz CT molecular complexity index is 592. The summed E-state index contributed by atoms with van der Waals surface area (Å²) in [5.74, 6) is 0.0744. The Morgan fingerprint density at radius 2 is 1.95 bits per heavy atom. The maximum atomic E-state index is 11.9. The van der Waals surface area contributed by atoms with E-state index < -0.39 is 0 Å². The third-order valence-electron chi connectivity index (χ3n) is 3.14. The molecular formula is C16H18N2O2. The first kappa shape index (κ1) is 14.1. The maximum Gasteiger partial charge on any atom is 0.255 e. The number of nitrogens with zero attached hydrogens (tertiary/aromatic N) is 1. The van der Waals surface area contributed by atoms with Gasteiger partial charge in [-0.2, -0.15) is 0 Å². The molecule has 1 amide bonds.